The van der Waals surface area contributed by atoms with Gasteiger partial charge in [-0.15, -0.1) is 0 Å². The van der Waals surface area contributed by atoms with Crippen LogP contribution in [0.3, 0.4) is 0 Å². The number of rotatable bonds is 5. The molecule has 0 N–H and O–H groups in total. The van der Waals surface area contributed by atoms with Gasteiger partial charge < -0.3 is 4.90 Å². The van der Waals surface area contributed by atoms with Gasteiger partial charge in [0.15, 0.2) is 0 Å². The first-order valence-electron chi connectivity index (χ1n) is 9.40. The van der Waals surface area contributed by atoms with Gasteiger partial charge in [0.25, 0.3) is 12.3 Å². The van der Waals surface area contributed by atoms with E-state index in [1.165, 1.54) is 17.2 Å². The first-order chi connectivity index (χ1) is 14.1. The van der Waals surface area contributed by atoms with Gasteiger partial charge in [0.1, 0.15) is 5.69 Å². The van der Waals surface area contributed by atoms with E-state index in [1.54, 1.807) is 0 Å². The predicted molar refractivity (Wildman–Crippen MR) is 108 cm³/mol. The second-order valence-corrected chi connectivity index (χ2v) is 6.77. The van der Waals surface area contributed by atoms with Gasteiger partial charge in [-0.1, -0.05) is 60.7 Å². The van der Waals surface area contributed by atoms with Crippen LogP contribution in [-0.2, 0) is 0 Å². The number of halogens is 2. The maximum Gasteiger partial charge on any atom is 0.272 e. The van der Waals surface area contributed by atoms with Crippen molar-refractivity contribution in [1.82, 2.24) is 9.88 Å². The third kappa shape index (κ3) is 4.06. The van der Waals surface area contributed by atoms with Crippen molar-refractivity contribution in [3.63, 3.8) is 0 Å². The number of aliphatic imine (C=N–C) groups is 1. The standard InChI is InChI=1S/C23H19F2N3O/c24-22(25)19-14-18(15-26-21(19)23(29)28-12-7-13-28)27-20(16-8-3-1-4-9-16)17-10-5-2-6-11-17/h1-6,8-11,14-15,22H,7,12-13H2. The van der Waals surface area contributed by atoms with Crippen LogP contribution in [-0.4, -0.2) is 34.6 Å². The Kier molecular flexibility index (Phi) is 5.42. The summed E-state index contributed by atoms with van der Waals surface area (Å²) in [4.78, 5) is 22.6. The molecule has 1 fully saturated rings. The zero-order valence-corrected chi connectivity index (χ0v) is 15.6. The van der Waals surface area contributed by atoms with Crippen LogP contribution >= 0.6 is 0 Å². The number of hydrogen-bond donors (Lipinski definition) is 0. The van der Waals surface area contributed by atoms with Gasteiger partial charge in [-0.3, -0.25) is 4.79 Å². The lowest BCUT2D eigenvalue weighted by Crippen LogP contribution is -2.42. The summed E-state index contributed by atoms with van der Waals surface area (Å²) in [5.74, 6) is -0.451. The topological polar surface area (TPSA) is 45.6 Å². The first kappa shape index (κ1) is 18.9. The van der Waals surface area contributed by atoms with Gasteiger partial charge in [0.2, 0.25) is 0 Å². The molecule has 1 aliphatic heterocycles. The predicted octanol–water partition coefficient (Wildman–Crippen LogP) is 5.03. The molecule has 4 rings (SSSR count). The Morgan fingerprint density at radius 1 is 0.966 bits per heavy atom. The molecule has 1 saturated heterocycles. The molecule has 0 unspecified atom stereocenters. The first-order valence-corrected chi connectivity index (χ1v) is 9.40. The van der Waals surface area contributed by atoms with E-state index in [9.17, 15) is 13.6 Å². The molecule has 0 atom stereocenters. The van der Waals surface area contributed by atoms with E-state index < -0.39 is 12.3 Å². The van der Waals surface area contributed by atoms with Crippen molar-refractivity contribution >= 4 is 17.3 Å². The number of benzene rings is 2. The van der Waals surface area contributed by atoms with Gasteiger partial charge >= 0.3 is 0 Å². The molecule has 0 spiro atoms. The lowest BCUT2D eigenvalue weighted by atomic mass is 10.0. The van der Waals surface area contributed by atoms with Crippen LogP contribution < -0.4 is 0 Å². The average Bonchev–Trinajstić information content (AvgIpc) is 2.72. The van der Waals surface area contributed by atoms with Gasteiger partial charge in [-0.25, -0.2) is 18.8 Å². The molecule has 146 valence electrons. The highest BCUT2D eigenvalue weighted by molar-refractivity contribution is 6.14. The van der Waals surface area contributed by atoms with E-state index >= 15 is 0 Å². The summed E-state index contributed by atoms with van der Waals surface area (Å²) in [6.45, 7) is 1.16. The monoisotopic (exact) mass is 391 g/mol. The normalized spacial score (nSPS) is 13.1. The summed E-state index contributed by atoms with van der Waals surface area (Å²) < 4.78 is 27.4. The van der Waals surface area contributed by atoms with Gasteiger partial charge in [0.05, 0.1) is 23.2 Å². The molecule has 2 heterocycles. The smallest absolute Gasteiger partial charge is 0.272 e. The summed E-state index contributed by atoms with van der Waals surface area (Å²) in [6.07, 6.45) is -0.546. The zero-order chi connectivity index (χ0) is 20.2. The molecular weight excluding hydrogens is 372 g/mol. The molecule has 0 aliphatic carbocycles. The number of aromatic nitrogens is 1. The van der Waals surface area contributed by atoms with Crippen LogP contribution in [0.15, 0.2) is 77.9 Å². The number of likely N-dealkylation sites (tertiary alicyclic amines) is 1. The maximum atomic E-state index is 13.7. The Balaban J connectivity index is 1.78. The number of nitrogens with zero attached hydrogens (tertiary/aromatic N) is 3. The third-order valence-electron chi connectivity index (χ3n) is 4.82. The van der Waals surface area contributed by atoms with E-state index in [1.807, 2.05) is 60.7 Å². The summed E-state index contributed by atoms with van der Waals surface area (Å²) in [5.41, 5.74) is 2.07. The zero-order valence-electron chi connectivity index (χ0n) is 15.6. The number of pyridine rings is 1. The van der Waals surface area contributed by atoms with Crippen molar-refractivity contribution in [1.29, 1.82) is 0 Å². The van der Waals surface area contributed by atoms with E-state index in [4.69, 9.17) is 0 Å². The van der Waals surface area contributed by atoms with Crippen molar-refractivity contribution in [3.05, 3.63) is 95.3 Å². The summed E-state index contributed by atoms with van der Waals surface area (Å²) in [5, 5.41) is 0. The quantitative estimate of drug-likeness (QED) is 0.573. The molecule has 3 aromatic rings. The SMILES string of the molecule is O=C(c1ncc(N=C(c2ccccc2)c2ccccc2)cc1C(F)F)N1CCC1. The molecule has 0 bridgehead atoms. The fraction of sp³-hybridized carbons (Fsp3) is 0.174. The number of amides is 1. The van der Waals surface area contributed by atoms with Crippen LogP contribution in [0, 0.1) is 0 Å². The van der Waals surface area contributed by atoms with E-state index in [0.29, 0.717) is 18.8 Å². The minimum Gasteiger partial charge on any atom is -0.337 e. The Morgan fingerprint density at radius 3 is 2.03 bits per heavy atom. The largest absolute Gasteiger partial charge is 0.337 e. The molecule has 0 saturated carbocycles. The third-order valence-corrected chi connectivity index (χ3v) is 4.82. The molecule has 1 aliphatic rings. The van der Waals surface area contributed by atoms with Crippen molar-refractivity contribution < 1.29 is 13.6 Å². The lowest BCUT2D eigenvalue weighted by molar-refractivity contribution is 0.0633. The fourth-order valence-corrected chi connectivity index (χ4v) is 3.16. The molecule has 1 aromatic heterocycles. The molecule has 1 amide bonds. The van der Waals surface area contributed by atoms with Crippen molar-refractivity contribution in [2.75, 3.05) is 13.1 Å². The highest BCUT2D eigenvalue weighted by Gasteiger charge is 2.28. The van der Waals surface area contributed by atoms with Crippen LogP contribution in [0.4, 0.5) is 14.5 Å². The number of carbonyl (C=O) groups is 1. The molecule has 29 heavy (non-hydrogen) atoms. The number of hydrogen-bond acceptors (Lipinski definition) is 3. The fourth-order valence-electron chi connectivity index (χ4n) is 3.16. The average molecular weight is 391 g/mol. The van der Waals surface area contributed by atoms with Crippen LogP contribution in [0.25, 0.3) is 0 Å². The minimum atomic E-state index is -2.81. The summed E-state index contributed by atoms with van der Waals surface area (Å²) in [6, 6.07) is 20.3. The Bertz CT molecular complexity index is 991. The molecule has 0 radical (unpaired) electrons. The van der Waals surface area contributed by atoms with Crippen molar-refractivity contribution in [2.24, 2.45) is 4.99 Å². The van der Waals surface area contributed by atoms with Crippen LogP contribution in [0.5, 0.6) is 0 Å². The van der Waals surface area contributed by atoms with Gasteiger partial charge in [0, 0.05) is 24.2 Å². The summed E-state index contributed by atoms with van der Waals surface area (Å²) >= 11 is 0. The highest BCUT2D eigenvalue weighted by atomic mass is 19.3. The number of alkyl halides is 2. The van der Waals surface area contributed by atoms with Gasteiger partial charge in [-0.2, -0.15) is 0 Å². The van der Waals surface area contributed by atoms with E-state index in [-0.39, 0.29) is 16.9 Å². The van der Waals surface area contributed by atoms with E-state index in [0.717, 1.165) is 17.5 Å². The molecule has 4 nitrogen and oxygen atoms in total. The van der Waals surface area contributed by atoms with Gasteiger partial charge in [-0.05, 0) is 12.5 Å². The van der Waals surface area contributed by atoms with Crippen molar-refractivity contribution in [2.45, 2.75) is 12.8 Å². The minimum absolute atomic E-state index is 0.195. The molecular formula is C23H19F2N3O. The maximum absolute atomic E-state index is 13.7. The second kappa shape index (κ2) is 8.31. The Hall–Kier alpha value is -3.41. The highest BCUT2D eigenvalue weighted by Crippen LogP contribution is 2.28. The Labute approximate surface area is 167 Å². The molecule has 2 aromatic carbocycles. The Morgan fingerprint density at radius 2 is 1.55 bits per heavy atom. The van der Waals surface area contributed by atoms with E-state index in [2.05, 4.69) is 9.98 Å². The summed E-state index contributed by atoms with van der Waals surface area (Å²) in [7, 11) is 0. The molecule has 6 heteroatoms. The van der Waals surface area contributed by atoms with Crippen LogP contribution in [0.2, 0.25) is 0 Å². The van der Waals surface area contributed by atoms with Crippen LogP contribution in [0.1, 0.15) is 40.0 Å². The lowest BCUT2D eigenvalue weighted by Gasteiger charge is -2.31. The second-order valence-electron chi connectivity index (χ2n) is 6.77. The number of carbonyl (C=O) groups excluding carboxylic acids is 1. The van der Waals surface area contributed by atoms with Crippen molar-refractivity contribution in [3.8, 4) is 0 Å².